The second-order valence-electron chi connectivity index (χ2n) is 5.61. The maximum Gasteiger partial charge on any atom is 0.274 e. The maximum atomic E-state index is 12.4. The molecule has 5 heteroatoms. The number of carbonyl (C=O) groups excluding carboxylic acids is 1. The Labute approximate surface area is 131 Å². The fourth-order valence-electron chi connectivity index (χ4n) is 2.76. The number of amides is 1. The van der Waals surface area contributed by atoms with Crippen molar-refractivity contribution < 1.29 is 4.79 Å². The van der Waals surface area contributed by atoms with Gasteiger partial charge in [-0.2, -0.15) is 5.10 Å². The third kappa shape index (κ3) is 3.36. The Hall–Kier alpha value is -2.14. The molecule has 0 N–H and O–H groups in total. The van der Waals surface area contributed by atoms with E-state index in [1.807, 2.05) is 30.2 Å². The Morgan fingerprint density at radius 1 is 1.09 bits per heavy atom. The van der Waals surface area contributed by atoms with Crippen LogP contribution >= 0.6 is 0 Å². The summed E-state index contributed by atoms with van der Waals surface area (Å²) in [6, 6.07) is 12.3. The lowest BCUT2D eigenvalue weighted by molar-refractivity contribution is 0.0622. The summed E-state index contributed by atoms with van der Waals surface area (Å²) in [6.45, 7) is 7.12. The number of rotatable bonds is 4. The number of hydrogen-bond donors (Lipinski definition) is 0. The number of aryl methyl sites for hydroxylation is 1. The molecule has 1 amide bonds. The normalized spacial score (nSPS) is 16.0. The first-order valence-corrected chi connectivity index (χ1v) is 7.85. The number of carbonyl (C=O) groups is 1. The van der Waals surface area contributed by atoms with E-state index >= 15 is 0 Å². The molecule has 1 aromatic heterocycles. The highest BCUT2D eigenvalue weighted by molar-refractivity contribution is 5.92. The summed E-state index contributed by atoms with van der Waals surface area (Å²) < 4.78 is 1.79. The van der Waals surface area contributed by atoms with Crippen molar-refractivity contribution in [2.45, 2.75) is 20.0 Å². The van der Waals surface area contributed by atoms with Crippen LogP contribution in [0.5, 0.6) is 0 Å². The number of aromatic nitrogens is 2. The third-order valence-electron chi connectivity index (χ3n) is 4.09. The van der Waals surface area contributed by atoms with E-state index in [1.165, 1.54) is 5.56 Å². The van der Waals surface area contributed by atoms with Crippen LogP contribution in [0, 0.1) is 0 Å². The Kier molecular flexibility index (Phi) is 4.53. The second-order valence-corrected chi connectivity index (χ2v) is 5.61. The van der Waals surface area contributed by atoms with Gasteiger partial charge in [0.2, 0.25) is 0 Å². The summed E-state index contributed by atoms with van der Waals surface area (Å²) in [5.41, 5.74) is 1.88. The van der Waals surface area contributed by atoms with Gasteiger partial charge in [-0.15, -0.1) is 0 Å². The first-order valence-electron chi connectivity index (χ1n) is 7.85. The molecule has 1 aromatic carbocycles. The van der Waals surface area contributed by atoms with Crippen molar-refractivity contribution in [2.75, 3.05) is 26.2 Å². The maximum absolute atomic E-state index is 12.4. The van der Waals surface area contributed by atoms with Crippen molar-refractivity contribution in [3.63, 3.8) is 0 Å². The monoisotopic (exact) mass is 298 g/mol. The fourth-order valence-corrected chi connectivity index (χ4v) is 2.76. The van der Waals surface area contributed by atoms with E-state index < -0.39 is 0 Å². The smallest absolute Gasteiger partial charge is 0.274 e. The van der Waals surface area contributed by atoms with Crippen LogP contribution in [-0.4, -0.2) is 51.7 Å². The molecule has 1 saturated heterocycles. The van der Waals surface area contributed by atoms with Crippen LogP contribution in [0.1, 0.15) is 23.0 Å². The van der Waals surface area contributed by atoms with E-state index in [4.69, 9.17) is 0 Å². The molecule has 2 heterocycles. The zero-order valence-corrected chi connectivity index (χ0v) is 13.0. The lowest BCUT2D eigenvalue weighted by atomic mass is 10.2. The first-order chi connectivity index (χ1) is 10.8. The molecule has 2 aromatic rings. The van der Waals surface area contributed by atoms with Crippen LogP contribution in [0.2, 0.25) is 0 Å². The van der Waals surface area contributed by atoms with Crippen LogP contribution in [0.15, 0.2) is 42.6 Å². The molecular weight excluding hydrogens is 276 g/mol. The fraction of sp³-hybridized carbons (Fsp3) is 0.412. The molecule has 0 bridgehead atoms. The molecular formula is C17H22N4O. The Bertz CT molecular complexity index is 615. The van der Waals surface area contributed by atoms with Gasteiger partial charge < -0.3 is 4.90 Å². The number of hydrogen-bond acceptors (Lipinski definition) is 3. The molecule has 1 aliphatic heterocycles. The van der Waals surface area contributed by atoms with E-state index in [2.05, 4.69) is 34.3 Å². The lowest BCUT2D eigenvalue weighted by Crippen LogP contribution is -2.48. The number of piperazine rings is 1. The van der Waals surface area contributed by atoms with E-state index in [-0.39, 0.29) is 5.91 Å². The predicted molar refractivity (Wildman–Crippen MR) is 85.5 cm³/mol. The molecule has 1 aliphatic rings. The quantitative estimate of drug-likeness (QED) is 0.865. The Morgan fingerprint density at radius 2 is 1.82 bits per heavy atom. The summed E-state index contributed by atoms with van der Waals surface area (Å²) in [7, 11) is 0. The van der Waals surface area contributed by atoms with Crippen molar-refractivity contribution in [3.8, 4) is 0 Å². The average Bonchev–Trinajstić information content (AvgIpc) is 3.05. The van der Waals surface area contributed by atoms with Crippen LogP contribution in [0.4, 0.5) is 0 Å². The van der Waals surface area contributed by atoms with Crippen LogP contribution in [-0.2, 0) is 13.1 Å². The van der Waals surface area contributed by atoms with Crippen LogP contribution in [0.25, 0.3) is 0 Å². The SMILES string of the molecule is CCn1ccc(C(=O)N2CCN(Cc3ccccc3)CC2)n1. The van der Waals surface area contributed by atoms with Crippen molar-refractivity contribution in [2.24, 2.45) is 0 Å². The van der Waals surface area contributed by atoms with E-state index in [0.29, 0.717) is 5.69 Å². The number of benzene rings is 1. The van der Waals surface area contributed by atoms with Gasteiger partial charge in [0.25, 0.3) is 5.91 Å². The molecule has 0 aliphatic carbocycles. The predicted octanol–water partition coefficient (Wildman–Crippen LogP) is 1.86. The van der Waals surface area contributed by atoms with Crippen molar-refractivity contribution in [3.05, 3.63) is 53.9 Å². The molecule has 1 fully saturated rings. The summed E-state index contributed by atoms with van der Waals surface area (Å²) >= 11 is 0. The van der Waals surface area contributed by atoms with Gasteiger partial charge in [0.05, 0.1) is 0 Å². The molecule has 3 rings (SSSR count). The summed E-state index contributed by atoms with van der Waals surface area (Å²) in [5.74, 6) is 0.0477. The van der Waals surface area contributed by atoms with Gasteiger partial charge >= 0.3 is 0 Å². The highest BCUT2D eigenvalue weighted by Gasteiger charge is 2.23. The van der Waals surface area contributed by atoms with Gasteiger partial charge in [-0.25, -0.2) is 0 Å². The van der Waals surface area contributed by atoms with Gasteiger partial charge in [0, 0.05) is 45.5 Å². The van der Waals surface area contributed by atoms with Gasteiger partial charge in [0.1, 0.15) is 5.69 Å². The molecule has 5 nitrogen and oxygen atoms in total. The topological polar surface area (TPSA) is 41.4 Å². The van der Waals surface area contributed by atoms with Gasteiger partial charge in [0.15, 0.2) is 0 Å². The lowest BCUT2D eigenvalue weighted by Gasteiger charge is -2.34. The summed E-state index contributed by atoms with van der Waals surface area (Å²) in [6.07, 6.45) is 1.86. The van der Waals surface area contributed by atoms with Crippen molar-refractivity contribution in [1.82, 2.24) is 19.6 Å². The minimum Gasteiger partial charge on any atom is -0.335 e. The molecule has 116 valence electrons. The van der Waals surface area contributed by atoms with Crippen LogP contribution < -0.4 is 0 Å². The molecule has 0 spiro atoms. The minimum absolute atomic E-state index is 0.0477. The molecule has 22 heavy (non-hydrogen) atoms. The minimum atomic E-state index is 0.0477. The summed E-state index contributed by atoms with van der Waals surface area (Å²) in [4.78, 5) is 16.7. The Morgan fingerprint density at radius 3 is 2.45 bits per heavy atom. The largest absolute Gasteiger partial charge is 0.335 e. The van der Waals surface area contributed by atoms with Gasteiger partial charge in [-0.1, -0.05) is 30.3 Å². The summed E-state index contributed by atoms with van der Waals surface area (Å²) in [5, 5.41) is 4.30. The van der Waals surface area contributed by atoms with Crippen molar-refractivity contribution >= 4 is 5.91 Å². The van der Waals surface area contributed by atoms with E-state index in [0.717, 1.165) is 39.3 Å². The van der Waals surface area contributed by atoms with E-state index in [1.54, 1.807) is 4.68 Å². The Balaban J connectivity index is 1.54. The van der Waals surface area contributed by atoms with Gasteiger partial charge in [-0.3, -0.25) is 14.4 Å². The molecule has 0 unspecified atom stereocenters. The highest BCUT2D eigenvalue weighted by Crippen LogP contribution is 2.10. The zero-order valence-electron chi connectivity index (χ0n) is 13.0. The van der Waals surface area contributed by atoms with Gasteiger partial charge in [-0.05, 0) is 18.6 Å². The highest BCUT2D eigenvalue weighted by atomic mass is 16.2. The standard InChI is InChI=1S/C17H22N4O/c1-2-21-9-8-16(18-21)17(22)20-12-10-19(11-13-20)14-15-6-4-3-5-7-15/h3-9H,2,10-14H2,1H3. The first kappa shape index (κ1) is 14.8. The van der Waals surface area contributed by atoms with E-state index in [9.17, 15) is 4.79 Å². The van der Waals surface area contributed by atoms with Crippen molar-refractivity contribution in [1.29, 1.82) is 0 Å². The molecule has 0 saturated carbocycles. The molecule has 0 radical (unpaired) electrons. The molecule has 0 atom stereocenters. The average molecular weight is 298 g/mol. The number of nitrogens with zero attached hydrogens (tertiary/aromatic N) is 4. The third-order valence-corrected chi connectivity index (χ3v) is 4.09. The van der Waals surface area contributed by atoms with Crippen LogP contribution in [0.3, 0.4) is 0 Å². The second kappa shape index (κ2) is 6.75. The zero-order chi connectivity index (χ0) is 15.4.